The Hall–Kier alpha value is -1.99. The van der Waals surface area contributed by atoms with Crippen LogP contribution in [0.15, 0.2) is 30.6 Å². The highest BCUT2D eigenvalue weighted by Gasteiger charge is 2.08. The molecule has 0 unspecified atom stereocenters. The van der Waals surface area contributed by atoms with Crippen molar-refractivity contribution in [1.29, 1.82) is 0 Å². The lowest BCUT2D eigenvalue weighted by molar-refractivity contribution is 0.0941. The molecule has 1 aromatic carbocycles. The van der Waals surface area contributed by atoms with E-state index in [2.05, 4.69) is 20.8 Å². The maximum Gasteiger partial charge on any atom is 0.251 e. The Labute approximate surface area is 116 Å². The van der Waals surface area contributed by atoms with Crippen LogP contribution in [0.25, 0.3) is 5.69 Å². The predicted molar refractivity (Wildman–Crippen MR) is 72.4 cm³/mol. The second-order valence-corrected chi connectivity index (χ2v) is 3.91. The number of hydrogen-bond donors (Lipinski definition) is 2. The molecule has 2 rings (SSSR count). The Morgan fingerprint density at radius 3 is 2.63 bits per heavy atom. The first-order valence-corrected chi connectivity index (χ1v) is 5.55. The summed E-state index contributed by atoms with van der Waals surface area (Å²) in [6, 6.07) is 6.94. The van der Waals surface area contributed by atoms with Crippen molar-refractivity contribution >= 4 is 18.3 Å². The normalized spacial score (nSPS) is 11.5. The van der Waals surface area contributed by atoms with Crippen LogP contribution in [0.3, 0.4) is 0 Å². The van der Waals surface area contributed by atoms with Crippen LogP contribution in [-0.2, 0) is 0 Å². The molecular formula is C11H15ClN6O. The van der Waals surface area contributed by atoms with Gasteiger partial charge in [0.05, 0.1) is 5.69 Å². The first-order valence-electron chi connectivity index (χ1n) is 5.55. The van der Waals surface area contributed by atoms with E-state index < -0.39 is 0 Å². The van der Waals surface area contributed by atoms with Gasteiger partial charge < -0.3 is 11.1 Å². The molecule has 102 valence electrons. The van der Waals surface area contributed by atoms with Crippen molar-refractivity contribution in [3.8, 4) is 5.69 Å². The topological polar surface area (TPSA) is 98.7 Å². The van der Waals surface area contributed by atoms with E-state index in [9.17, 15) is 4.79 Å². The second-order valence-electron chi connectivity index (χ2n) is 3.91. The van der Waals surface area contributed by atoms with Crippen LogP contribution in [0.2, 0.25) is 0 Å². The maximum atomic E-state index is 11.8. The summed E-state index contributed by atoms with van der Waals surface area (Å²) in [4.78, 5) is 11.8. The number of nitrogens with one attached hydrogen (secondary N) is 1. The van der Waals surface area contributed by atoms with Gasteiger partial charge in [-0.25, -0.2) is 4.68 Å². The summed E-state index contributed by atoms with van der Waals surface area (Å²) in [5.41, 5.74) is 6.82. The van der Waals surface area contributed by atoms with Crippen molar-refractivity contribution in [3.63, 3.8) is 0 Å². The molecule has 3 N–H and O–H groups in total. The molecule has 0 spiro atoms. The molecule has 0 aliphatic carbocycles. The number of nitrogens with two attached hydrogens (primary N) is 1. The minimum absolute atomic E-state index is 0. The summed E-state index contributed by atoms with van der Waals surface area (Å²) in [6.07, 6.45) is 1.49. The van der Waals surface area contributed by atoms with Crippen LogP contribution in [0.5, 0.6) is 0 Å². The third-order valence-electron chi connectivity index (χ3n) is 2.47. The SMILES string of the molecule is C[C@@H](CN)NC(=O)c1ccc(-n2cnnn2)cc1.Cl. The Balaban J connectivity index is 0.00000180. The first-order chi connectivity index (χ1) is 8.70. The molecule has 0 fully saturated rings. The summed E-state index contributed by atoms with van der Waals surface area (Å²) in [6.45, 7) is 2.27. The highest BCUT2D eigenvalue weighted by molar-refractivity contribution is 5.94. The van der Waals surface area contributed by atoms with E-state index in [-0.39, 0.29) is 24.4 Å². The van der Waals surface area contributed by atoms with Crippen LogP contribution in [-0.4, -0.2) is 38.7 Å². The van der Waals surface area contributed by atoms with Gasteiger partial charge in [-0.1, -0.05) is 0 Å². The lowest BCUT2D eigenvalue weighted by Gasteiger charge is -2.11. The van der Waals surface area contributed by atoms with Gasteiger partial charge in [0, 0.05) is 18.2 Å². The zero-order valence-corrected chi connectivity index (χ0v) is 11.2. The molecule has 2 aromatic rings. The van der Waals surface area contributed by atoms with Gasteiger partial charge in [-0.05, 0) is 41.6 Å². The number of tetrazole rings is 1. The Bertz CT molecular complexity index is 512. The minimum Gasteiger partial charge on any atom is -0.348 e. The van der Waals surface area contributed by atoms with Crippen molar-refractivity contribution < 1.29 is 4.79 Å². The summed E-state index contributed by atoms with van der Waals surface area (Å²) >= 11 is 0. The standard InChI is InChI=1S/C11H14N6O.ClH/c1-8(6-12)14-11(18)9-2-4-10(5-3-9)17-7-13-15-16-17;/h2-5,7-8H,6,12H2,1H3,(H,14,18);1H/t8-;/m0./s1. The van der Waals surface area contributed by atoms with Gasteiger partial charge in [0.1, 0.15) is 6.33 Å². The molecule has 0 radical (unpaired) electrons. The maximum absolute atomic E-state index is 11.8. The quantitative estimate of drug-likeness (QED) is 0.832. The molecule has 0 saturated heterocycles. The Kier molecular flexibility index (Phi) is 5.40. The van der Waals surface area contributed by atoms with E-state index in [1.54, 1.807) is 24.3 Å². The van der Waals surface area contributed by atoms with Crippen molar-refractivity contribution in [3.05, 3.63) is 36.2 Å². The molecule has 0 bridgehead atoms. The average Bonchev–Trinajstić information content (AvgIpc) is 2.92. The van der Waals surface area contributed by atoms with Gasteiger partial charge >= 0.3 is 0 Å². The fourth-order valence-electron chi connectivity index (χ4n) is 1.41. The number of carbonyl (C=O) groups excluding carboxylic acids is 1. The summed E-state index contributed by atoms with van der Waals surface area (Å²) < 4.78 is 1.52. The van der Waals surface area contributed by atoms with Crippen LogP contribution >= 0.6 is 12.4 Å². The lowest BCUT2D eigenvalue weighted by atomic mass is 10.2. The number of hydrogen-bond acceptors (Lipinski definition) is 5. The molecule has 1 heterocycles. The fourth-order valence-corrected chi connectivity index (χ4v) is 1.41. The third kappa shape index (κ3) is 3.73. The average molecular weight is 283 g/mol. The van der Waals surface area contributed by atoms with Crippen molar-refractivity contribution in [2.45, 2.75) is 13.0 Å². The van der Waals surface area contributed by atoms with Gasteiger partial charge in [-0.2, -0.15) is 0 Å². The molecule has 1 aromatic heterocycles. The number of carbonyl (C=O) groups is 1. The van der Waals surface area contributed by atoms with Crippen molar-refractivity contribution in [1.82, 2.24) is 25.5 Å². The number of nitrogens with zero attached hydrogens (tertiary/aromatic N) is 4. The van der Waals surface area contributed by atoms with E-state index in [1.807, 2.05) is 6.92 Å². The van der Waals surface area contributed by atoms with E-state index in [0.29, 0.717) is 12.1 Å². The molecule has 1 atom stereocenters. The number of benzene rings is 1. The van der Waals surface area contributed by atoms with E-state index in [1.165, 1.54) is 11.0 Å². The monoisotopic (exact) mass is 282 g/mol. The first kappa shape index (κ1) is 15.1. The molecular weight excluding hydrogens is 268 g/mol. The highest BCUT2D eigenvalue weighted by atomic mass is 35.5. The molecule has 19 heavy (non-hydrogen) atoms. The number of amides is 1. The molecule has 1 amide bonds. The molecule has 0 saturated carbocycles. The second kappa shape index (κ2) is 6.81. The van der Waals surface area contributed by atoms with Gasteiger partial charge in [0.2, 0.25) is 0 Å². The Morgan fingerprint density at radius 1 is 1.42 bits per heavy atom. The molecule has 0 aliphatic heterocycles. The largest absolute Gasteiger partial charge is 0.348 e. The Morgan fingerprint density at radius 2 is 2.11 bits per heavy atom. The van der Waals surface area contributed by atoms with Gasteiger partial charge in [-0.3, -0.25) is 4.79 Å². The van der Waals surface area contributed by atoms with Gasteiger partial charge in [0.15, 0.2) is 0 Å². The zero-order valence-electron chi connectivity index (χ0n) is 10.4. The predicted octanol–water partition coefficient (Wildman–Crippen LogP) is 0.161. The molecule has 8 heteroatoms. The highest BCUT2D eigenvalue weighted by Crippen LogP contribution is 2.07. The van der Waals surface area contributed by atoms with Crippen LogP contribution < -0.4 is 11.1 Å². The van der Waals surface area contributed by atoms with E-state index in [0.717, 1.165) is 5.69 Å². The van der Waals surface area contributed by atoms with Gasteiger partial charge in [-0.15, -0.1) is 17.5 Å². The van der Waals surface area contributed by atoms with Gasteiger partial charge in [0.25, 0.3) is 5.91 Å². The van der Waals surface area contributed by atoms with Crippen LogP contribution in [0.1, 0.15) is 17.3 Å². The van der Waals surface area contributed by atoms with E-state index >= 15 is 0 Å². The summed E-state index contributed by atoms with van der Waals surface area (Å²) in [5.74, 6) is -0.142. The fraction of sp³-hybridized carbons (Fsp3) is 0.273. The van der Waals surface area contributed by atoms with E-state index in [4.69, 9.17) is 5.73 Å². The minimum atomic E-state index is -0.142. The molecule has 7 nitrogen and oxygen atoms in total. The van der Waals surface area contributed by atoms with Crippen LogP contribution in [0, 0.1) is 0 Å². The van der Waals surface area contributed by atoms with Crippen molar-refractivity contribution in [2.24, 2.45) is 5.73 Å². The number of rotatable bonds is 4. The van der Waals surface area contributed by atoms with Crippen molar-refractivity contribution in [2.75, 3.05) is 6.54 Å². The number of halogens is 1. The molecule has 0 aliphatic rings. The zero-order chi connectivity index (χ0) is 13.0. The lowest BCUT2D eigenvalue weighted by Crippen LogP contribution is -2.37. The van der Waals surface area contributed by atoms with Crippen LogP contribution in [0.4, 0.5) is 0 Å². The summed E-state index contributed by atoms with van der Waals surface area (Å²) in [7, 11) is 0. The third-order valence-corrected chi connectivity index (χ3v) is 2.47. The summed E-state index contributed by atoms with van der Waals surface area (Å²) in [5, 5.41) is 13.6. The smallest absolute Gasteiger partial charge is 0.251 e. The number of aromatic nitrogens is 4.